The van der Waals surface area contributed by atoms with Crippen LogP contribution in [0.15, 0.2) is 17.0 Å². The number of sulfonamides is 1. The van der Waals surface area contributed by atoms with Gasteiger partial charge in [0.15, 0.2) is 17.4 Å². The highest BCUT2D eigenvalue weighted by Crippen LogP contribution is 2.24. The number of hydrogen-bond acceptors (Lipinski definition) is 4. The van der Waals surface area contributed by atoms with E-state index in [1.165, 1.54) is 7.11 Å². The SMILES string of the molecule is COCCOc1c(F)cc(S(N)(=O)=O)cc1F. The Morgan fingerprint density at radius 3 is 2.18 bits per heavy atom. The molecule has 8 heteroatoms. The van der Waals surface area contributed by atoms with Crippen molar-refractivity contribution in [1.82, 2.24) is 0 Å². The molecule has 0 heterocycles. The van der Waals surface area contributed by atoms with Crippen molar-refractivity contribution in [3.63, 3.8) is 0 Å². The zero-order valence-corrected chi connectivity index (χ0v) is 9.76. The summed E-state index contributed by atoms with van der Waals surface area (Å²) in [5.41, 5.74) is 0. The molecule has 1 rings (SSSR count). The molecule has 0 spiro atoms. The van der Waals surface area contributed by atoms with E-state index in [2.05, 4.69) is 4.74 Å². The van der Waals surface area contributed by atoms with Crippen LogP contribution < -0.4 is 9.88 Å². The van der Waals surface area contributed by atoms with Gasteiger partial charge < -0.3 is 9.47 Å². The summed E-state index contributed by atoms with van der Waals surface area (Å²) in [4.78, 5) is -0.647. The minimum absolute atomic E-state index is 0.0565. The predicted molar refractivity (Wildman–Crippen MR) is 55.1 cm³/mol. The largest absolute Gasteiger partial charge is 0.485 e. The van der Waals surface area contributed by atoms with E-state index >= 15 is 0 Å². The number of rotatable bonds is 5. The molecule has 0 amide bonds. The Hall–Kier alpha value is -1.25. The van der Waals surface area contributed by atoms with Crippen molar-refractivity contribution < 1.29 is 26.7 Å². The maximum Gasteiger partial charge on any atom is 0.238 e. The van der Waals surface area contributed by atoms with E-state index in [0.29, 0.717) is 12.1 Å². The van der Waals surface area contributed by atoms with E-state index in [-0.39, 0.29) is 13.2 Å². The van der Waals surface area contributed by atoms with E-state index in [4.69, 9.17) is 9.88 Å². The highest BCUT2D eigenvalue weighted by Gasteiger charge is 2.17. The predicted octanol–water partition coefficient (Wildman–Crippen LogP) is 0.637. The number of hydrogen-bond donors (Lipinski definition) is 1. The van der Waals surface area contributed by atoms with Gasteiger partial charge in [0.25, 0.3) is 0 Å². The van der Waals surface area contributed by atoms with Crippen molar-refractivity contribution in [2.75, 3.05) is 20.3 Å². The average molecular weight is 267 g/mol. The molecule has 0 aliphatic carbocycles. The Morgan fingerprint density at radius 2 is 1.76 bits per heavy atom. The third-order valence-corrected chi connectivity index (χ3v) is 2.73. The lowest BCUT2D eigenvalue weighted by molar-refractivity contribution is 0.141. The summed E-state index contributed by atoms with van der Waals surface area (Å²) in [7, 11) is -2.75. The van der Waals surface area contributed by atoms with Gasteiger partial charge >= 0.3 is 0 Å². The minimum atomic E-state index is -4.15. The molecule has 5 nitrogen and oxygen atoms in total. The second-order valence-corrected chi connectivity index (χ2v) is 4.66. The first-order valence-corrected chi connectivity index (χ1v) is 6.04. The Kier molecular flexibility index (Phi) is 4.38. The van der Waals surface area contributed by atoms with Crippen LogP contribution in [0.3, 0.4) is 0 Å². The molecule has 0 bridgehead atoms. The summed E-state index contributed by atoms with van der Waals surface area (Å²) in [6.07, 6.45) is 0. The lowest BCUT2D eigenvalue weighted by Gasteiger charge is -2.08. The summed E-state index contributed by atoms with van der Waals surface area (Å²) in [6.45, 7) is 0.0921. The van der Waals surface area contributed by atoms with E-state index in [0.717, 1.165) is 0 Å². The second kappa shape index (κ2) is 5.39. The molecule has 17 heavy (non-hydrogen) atoms. The topological polar surface area (TPSA) is 78.6 Å². The molecule has 0 aliphatic heterocycles. The zero-order valence-electron chi connectivity index (χ0n) is 8.94. The van der Waals surface area contributed by atoms with Crippen molar-refractivity contribution in [2.45, 2.75) is 4.90 Å². The molecule has 0 aromatic heterocycles. The number of ether oxygens (including phenoxy) is 2. The van der Waals surface area contributed by atoms with Crippen LogP contribution in [0.1, 0.15) is 0 Å². The van der Waals surface area contributed by atoms with Gasteiger partial charge in [0, 0.05) is 7.11 Å². The number of nitrogens with two attached hydrogens (primary N) is 1. The minimum Gasteiger partial charge on any atom is -0.485 e. The van der Waals surface area contributed by atoms with Gasteiger partial charge in [-0.2, -0.15) is 0 Å². The van der Waals surface area contributed by atoms with Gasteiger partial charge in [-0.15, -0.1) is 0 Å². The Bertz CT molecular complexity index is 481. The Morgan fingerprint density at radius 1 is 1.24 bits per heavy atom. The van der Waals surface area contributed by atoms with Crippen molar-refractivity contribution >= 4 is 10.0 Å². The highest BCUT2D eigenvalue weighted by atomic mass is 32.2. The zero-order chi connectivity index (χ0) is 13.1. The number of halogens is 2. The monoisotopic (exact) mass is 267 g/mol. The second-order valence-electron chi connectivity index (χ2n) is 3.10. The fourth-order valence-electron chi connectivity index (χ4n) is 1.07. The summed E-state index contributed by atoms with van der Waals surface area (Å²) in [6, 6.07) is 1.20. The van der Waals surface area contributed by atoms with Crippen molar-refractivity contribution in [1.29, 1.82) is 0 Å². The fraction of sp³-hybridized carbons (Fsp3) is 0.333. The molecule has 1 aromatic carbocycles. The van der Waals surface area contributed by atoms with E-state index < -0.39 is 32.3 Å². The highest BCUT2D eigenvalue weighted by molar-refractivity contribution is 7.89. The van der Waals surface area contributed by atoms with Crippen LogP contribution in [0, 0.1) is 11.6 Å². The molecule has 0 aliphatic rings. The lowest BCUT2D eigenvalue weighted by atomic mass is 10.3. The van der Waals surface area contributed by atoms with Gasteiger partial charge in [-0.05, 0) is 12.1 Å². The Labute approximate surface area is 97.2 Å². The van der Waals surface area contributed by atoms with Crippen LogP contribution in [0.25, 0.3) is 0 Å². The van der Waals surface area contributed by atoms with Crippen LogP contribution in [-0.2, 0) is 14.8 Å². The normalized spacial score (nSPS) is 11.5. The standard InChI is InChI=1S/C9H11F2NO4S/c1-15-2-3-16-9-7(10)4-6(5-8(9)11)17(12,13)14/h4-5H,2-3H2,1H3,(H2,12,13,14). The maximum atomic E-state index is 13.3. The molecular formula is C9H11F2NO4S. The first kappa shape index (κ1) is 13.8. The van der Waals surface area contributed by atoms with Crippen molar-refractivity contribution in [3.8, 4) is 5.75 Å². The molecule has 0 fully saturated rings. The van der Waals surface area contributed by atoms with Gasteiger partial charge in [-0.3, -0.25) is 0 Å². The molecule has 0 saturated heterocycles. The Balaban J connectivity index is 3.03. The average Bonchev–Trinajstić information content (AvgIpc) is 2.20. The molecule has 1 aromatic rings. The van der Waals surface area contributed by atoms with E-state index in [1.54, 1.807) is 0 Å². The van der Waals surface area contributed by atoms with E-state index in [9.17, 15) is 17.2 Å². The summed E-state index contributed by atoms with van der Waals surface area (Å²) in [5.74, 6) is -2.93. The quantitative estimate of drug-likeness (QED) is 0.794. The molecular weight excluding hydrogens is 256 g/mol. The van der Waals surface area contributed by atoms with Gasteiger partial charge in [-0.1, -0.05) is 0 Å². The summed E-state index contributed by atoms with van der Waals surface area (Å²) >= 11 is 0. The fourth-order valence-corrected chi connectivity index (χ4v) is 1.60. The van der Waals surface area contributed by atoms with Gasteiger partial charge in [-0.25, -0.2) is 22.3 Å². The third-order valence-electron chi connectivity index (χ3n) is 1.83. The van der Waals surface area contributed by atoms with Gasteiger partial charge in [0.1, 0.15) is 6.61 Å². The molecule has 2 N–H and O–H groups in total. The first-order chi connectivity index (χ1) is 7.86. The molecule has 0 unspecified atom stereocenters. The van der Waals surface area contributed by atoms with Crippen molar-refractivity contribution in [3.05, 3.63) is 23.8 Å². The number of methoxy groups -OCH3 is 1. The van der Waals surface area contributed by atoms with Crippen LogP contribution in [-0.4, -0.2) is 28.7 Å². The third kappa shape index (κ3) is 3.62. The molecule has 0 radical (unpaired) electrons. The smallest absolute Gasteiger partial charge is 0.238 e. The van der Waals surface area contributed by atoms with Gasteiger partial charge in [0.2, 0.25) is 10.0 Å². The van der Waals surface area contributed by atoms with Crippen LogP contribution in [0.2, 0.25) is 0 Å². The molecule has 0 saturated carbocycles. The first-order valence-electron chi connectivity index (χ1n) is 4.50. The summed E-state index contributed by atoms with van der Waals surface area (Å²) < 4.78 is 57.9. The van der Waals surface area contributed by atoms with Crippen LogP contribution in [0.4, 0.5) is 8.78 Å². The number of primary sulfonamides is 1. The van der Waals surface area contributed by atoms with Crippen LogP contribution >= 0.6 is 0 Å². The summed E-state index contributed by atoms with van der Waals surface area (Å²) in [5, 5.41) is 4.74. The van der Waals surface area contributed by atoms with Crippen LogP contribution in [0.5, 0.6) is 5.75 Å². The van der Waals surface area contributed by atoms with Crippen molar-refractivity contribution in [2.24, 2.45) is 5.14 Å². The number of benzene rings is 1. The van der Waals surface area contributed by atoms with Gasteiger partial charge in [0.05, 0.1) is 11.5 Å². The lowest BCUT2D eigenvalue weighted by Crippen LogP contribution is -2.14. The van der Waals surface area contributed by atoms with E-state index in [1.807, 2.05) is 0 Å². The maximum absolute atomic E-state index is 13.3. The molecule has 96 valence electrons. The molecule has 0 atom stereocenters.